The van der Waals surface area contributed by atoms with Crippen molar-refractivity contribution in [3.05, 3.63) is 28.2 Å². The summed E-state index contributed by atoms with van der Waals surface area (Å²) in [6.07, 6.45) is 1.85. The molecule has 0 unspecified atom stereocenters. The molecule has 5 nitrogen and oxygen atoms in total. The molecule has 1 aliphatic heterocycles. The Morgan fingerprint density at radius 3 is 2.53 bits per heavy atom. The van der Waals surface area contributed by atoms with Gasteiger partial charge in [-0.25, -0.2) is 0 Å². The Bertz CT molecular complexity index is 534. The fraction of sp³-hybridized carbons (Fsp3) is 0.385. The van der Waals surface area contributed by atoms with Gasteiger partial charge < -0.3 is 15.5 Å². The first-order valence-corrected chi connectivity index (χ1v) is 6.76. The van der Waals surface area contributed by atoms with E-state index in [1.165, 1.54) is 5.56 Å². The summed E-state index contributed by atoms with van der Waals surface area (Å²) >= 11 is 3.46. The number of likely N-dealkylation sites (N-methyl/N-ethyl adjacent to an activating group) is 2. The van der Waals surface area contributed by atoms with Crippen LogP contribution in [0.5, 0.6) is 0 Å². The van der Waals surface area contributed by atoms with Gasteiger partial charge in [0.2, 0.25) is 12.2 Å². The summed E-state index contributed by atoms with van der Waals surface area (Å²) in [4.78, 5) is 7.85. The average Bonchev–Trinajstić information content (AvgIpc) is 2.37. The first kappa shape index (κ1) is 13.7. The lowest BCUT2D eigenvalue weighted by atomic mass is 9.96. The van der Waals surface area contributed by atoms with Crippen LogP contribution in [0.15, 0.2) is 27.7 Å². The number of guanidine groups is 1. The quantitative estimate of drug-likeness (QED) is 0.633. The number of aliphatic imine (C=N–C) groups is 1. The van der Waals surface area contributed by atoms with Gasteiger partial charge >= 0.3 is 0 Å². The smallest absolute Gasteiger partial charge is 0.212 e. The maximum absolute atomic E-state index is 8.69. The van der Waals surface area contributed by atoms with Gasteiger partial charge in [-0.2, -0.15) is 5.26 Å². The molecule has 0 atom stereocenters. The van der Waals surface area contributed by atoms with Crippen LogP contribution in [-0.2, 0) is 0 Å². The van der Waals surface area contributed by atoms with E-state index in [9.17, 15) is 0 Å². The van der Waals surface area contributed by atoms with Crippen LogP contribution < -0.4 is 5.73 Å². The van der Waals surface area contributed by atoms with Crippen LogP contribution in [0.4, 0.5) is 5.69 Å². The second-order valence-corrected chi connectivity index (χ2v) is 5.61. The normalized spacial score (nSPS) is 19.3. The van der Waals surface area contributed by atoms with Crippen molar-refractivity contribution in [2.45, 2.75) is 5.92 Å². The minimum absolute atomic E-state index is 0.365. The molecule has 19 heavy (non-hydrogen) atoms. The second-order valence-electron chi connectivity index (χ2n) is 4.75. The molecule has 100 valence electrons. The van der Waals surface area contributed by atoms with Gasteiger partial charge in [-0.1, -0.05) is 6.07 Å². The summed E-state index contributed by atoms with van der Waals surface area (Å²) in [7, 11) is 3.90. The number of nitrogens with zero attached hydrogens (tertiary/aromatic N) is 4. The summed E-state index contributed by atoms with van der Waals surface area (Å²) in [5.41, 5.74) is 7.79. The van der Waals surface area contributed by atoms with Crippen molar-refractivity contribution in [1.29, 1.82) is 5.26 Å². The third-order valence-electron chi connectivity index (χ3n) is 3.32. The molecule has 1 aliphatic rings. The van der Waals surface area contributed by atoms with Gasteiger partial charge in [-0.05, 0) is 33.6 Å². The number of nitriles is 1. The van der Waals surface area contributed by atoms with E-state index in [-0.39, 0.29) is 0 Å². The molecule has 0 amide bonds. The van der Waals surface area contributed by atoms with Crippen molar-refractivity contribution < 1.29 is 0 Å². The van der Waals surface area contributed by atoms with Crippen LogP contribution >= 0.6 is 15.9 Å². The number of halogens is 1. The van der Waals surface area contributed by atoms with Crippen LogP contribution in [0.25, 0.3) is 0 Å². The maximum Gasteiger partial charge on any atom is 0.212 e. The highest BCUT2D eigenvalue weighted by atomic mass is 79.9. The topological polar surface area (TPSA) is 68.7 Å². The zero-order valence-electron chi connectivity index (χ0n) is 11.0. The maximum atomic E-state index is 8.69. The summed E-state index contributed by atoms with van der Waals surface area (Å²) in [6, 6.07) is 6.03. The lowest BCUT2D eigenvalue weighted by molar-refractivity contribution is 0.287. The second kappa shape index (κ2) is 5.49. The lowest BCUT2D eigenvalue weighted by Gasteiger charge is -2.39. The van der Waals surface area contributed by atoms with Crippen molar-refractivity contribution in [1.82, 2.24) is 9.80 Å². The van der Waals surface area contributed by atoms with Crippen LogP contribution in [0.1, 0.15) is 11.5 Å². The summed E-state index contributed by atoms with van der Waals surface area (Å²) in [5, 5.41) is 8.69. The highest BCUT2D eigenvalue weighted by molar-refractivity contribution is 9.10. The van der Waals surface area contributed by atoms with Crippen molar-refractivity contribution in [3.63, 3.8) is 0 Å². The van der Waals surface area contributed by atoms with Crippen molar-refractivity contribution in [2.75, 3.05) is 32.9 Å². The molecule has 6 heteroatoms. The predicted molar refractivity (Wildman–Crippen MR) is 79.6 cm³/mol. The van der Waals surface area contributed by atoms with Crippen LogP contribution in [0.3, 0.4) is 0 Å². The number of rotatable bonds is 1. The fourth-order valence-corrected chi connectivity index (χ4v) is 2.79. The Morgan fingerprint density at radius 2 is 2.00 bits per heavy atom. The third kappa shape index (κ3) is 2.82. The number of nitrogen functional groups attached to an aromatic ring is 1. The van der Waals surface area contributed by atoms with Crippen molar-refractivity contribution >= 4 is 27.6 Å². The third-order valence-corrected chi connectivity index (χ3v) is 4.00. The van der Waals surface area contributed by atoms with Crippen molar-refractivity contribution in [2.24, 2.45) is 4.99 Å². The summed E-state index contributed by atoms with van der Waals surface area (Å²) in [6.45, 7) is 1.67. The number of anilines is 1. The van der Waals surface area contributed by atoms with E-state index >= 15 is 0 Å². The zero-order chi connectivity index (χ0) is 14.0. The van der Waals surface area contributed by atoms with Gasteiger partial charge in [0, 0.05) is 43.3 Å². The molecule has 0 aliphatic carbocycles. The first-order chi connectivity index (χ1) is 9.02. The van der Waals surface area contributed by atoms with Gasteiger partial charge in [-0.15, -0.1) is 4.99 Å². The summed E-state index contributed by atoms with van der Waals surface area (Å²) < 4.78 is 0.923. The van der Waals surface area contributed by atoms with Crippen LogP contribution in [0, 0.1) is 11.5 Å². The van der Waals surface area contributed by atoms with Gasteiger partial charge in [0.25, 0.3) is 0 Å². The van der Waals surface area contributed by atoms with E-state index < -0.39 is 0 Å². The first-order valence-electron chi connectivity index (χ1n) is 5.97. The fourth-order valence-electron chi connectivity index (χ4n) is 2.40. The molecule has 1 aromatic carbocycles. The number of hydrogen-bond donors (Lipinski definition) is 1. The van der Waals surface area contributed by atoms with Crippen molar-refractivity contribution in [3.8, 4) is 6.19 Å². The minimum atomic E-state index is 0.365. The molecule has 0 saturated carbocycles. The molecule has 0 aromatic heterocycles. The van der Waals surface area contributed by atoms with E-state index in [0.717, 1.165) is 23.2 Å². The average molecular weight is 322 g/mol. The summed E-state index contributed by atoms with van der Waals surface area (Å²) in [5.74, 6) is 1.08. The van der Waals surface area contributed by atoms with Crippen LogP contribution in [0.2, 0.25) is 0 Å². The Hall–Kier alpha value is -1.74. The highest BCUT2D eigenvalue weighted by Gasteiger charge is 2.27. The van der Waals surface area contributed by atoms with Gasteiger partial charge in [0.1, 0.15) is 0 Å². The molecular formula is C13H16BrN5. The van der Waals surface area contributed by atoms with Gasteiger partial charge in [-0.3, -0.25) is 0 Å². The molecule has 1 fully saturated rings. The molecule has 0 spiro atoms. The highest BCUT2D eigenvalue weighted by Crippen LogP contribution is 2.28. The standard InChI is InChI=1S/C13H16BrN5/c1-18-6-10(7-19(2)13(18)17-8-15)9-3-4-12(16)11(14)5-9/h3-5,10H,6-7,16H2,1-2H3. The molecule has 1 saturated heterocycles. The van der Waals surface area contributed by atoms with Gasteiger partial charge in [0.05, 0.1) is 0 Å². The van der Waals surface area contributed by atoms with Gasteiger partial charge in [0.15, 0.2) is 0 Å². The number of benzene rings is 1. The largest absolute Gasteiger partial charge is 0.398 e. The Morgan fingerprint density at radius 1 is 1.37 bits per heavy atom. The molecule has 1 aromatic rings. The zero-order valence-corrected chi connectivity index (χ0v) is 12.6. The SMILES string of the molecule is CN1CC(c2ccc(N)c(Br)c2)CN(C)C1=NC#N. The molecule has 2 N–H and O–H groups in total. The minimum Gasteiger partial charge on any atom is -0.398 e. The van der Waals surface area contributed by atoms with E-state index in [1.807, 2.05) is 36.2 Å². The van der Waals surface area contributed by atoms with E-state index in [4.69, 9.17) is 11.0 Å². The Labute approximate surface area is 121 Å². The monoisotopic (exact) mass is 321 g/mol. The predicted octanol–water partition coefficient (Wildman–Crippen LogP) is 1.83. The Balaban J connectivity index is 2.23. The van der Waals surface area contributed by atoms with E-state index in [0.29, 0.717) is 11.9 Å². The van der Waals surface area contributed by atoms with E-state index in [2.05, 4.69) is 33.1 Å². The van der Waals surface area contributed by atoms with E-state index in [1.54, 1.807) is 0 Å². The molecular weight excluding hydrogens is 306 g/mol. The number of nitrogens with two attached hydrogens (primary N) is 1. The number of hydrogen-bond acceptors (Lipinski definition) is 3. The van der Waals surface area contributed by atoms with Crippen LogP contribution in [-0.4, -0.2) is 42.9 Å². The molecule has 1 heterocycles. The molecule has 0 radical (unpaired) electrons. The Kier molecular flexibility index (Phi) is 3.96. The molecule has 0 bridgehead atoms. The molecule has 2 rings (SSSR count). The lowest BCUT2D eigenvalue weighted by Crippen LogP contribution is -2.49.